The van der Waals surface area contributed by atoms with E-state index < -0.39 is 0 Å². The summed E-state index contributed by atoms with van der Waals surface area (Å²) in [5.74, 6) is 2.20. The fourth-order valence-electron chi connectivity index (χ4n) is 2.24. The second kappa shape index (κ2) is 7.43. The van der Waals surface area contributed by atoms with Gasteiger partial charge in [0.15, 0.2) is 5.96 Å². The zero-order chi connectivity index (χ0) is 13.5. The molecule has 1 saturated heterocycles. The normalized spacial score (nSPS) is 19.5. The summed E-state index contributed by atoms with van der Waals surface area (Å²) in [7, 11) is 1.83. The Kier molecular flexibility index (Phi) is 5.58. The van der Waals surface area contributed by atoms with Gasteiger partial charge in [-0.25, -0.2) is 0 Å². The lowest BCUT2D eigenvalue weighted by Crippen LogP contribution is -2.39. The van der Waals surface area contributed by atoms with E-state index in [9.17, 15) is 0 Å². The first kappa shape index (κ1) is 14.3. The molecule has 4 heteroatoms. The molecule has 1 aromatic rings. The first-order valence-electron chi connectivity index (χ1n) is 6.89. The minimum Gasteiger partial charge on any atom is -0.355 e. The van der Waals surface area contributed by atoms with Gasteiger partial charge in [0.25, 0.3) is 0 Å². The third-order valence-corrected chi connectivity index (χ3v) is 4.69. The number of nitrogens with zero attached hydrogens (tertiary/aromatic N) is 1. The predicted molar refractivity (Wildman–Crippen MR) is 84.9 cm³/mol. The largest absolute Gasteiger partial charge is 0.355 e. The smallest absolute Gasteiger partial charge is 0.191 e. The van der Waals surface area contributed by atoms with Crippen LogP contribution in [0, 0.1) is 6.92 Å². The van der Waals surface area contributed by atoms with Gasteiger partial charge in [-0.1, -0.05) is 29.8 Å². The van der Waals surface area contributed by atoms with Crippen LogP contribution in [0.15, 0.2) is 29.3 Å². The van der Waals surface area contributed by atoms with E-state index >= 15 is 0 Å². The summed E-state index contributed by atoms with van der Waals surface area (Å²) in [4.78, 5) is 4.27. The van der Waals surface area contributed by atoms with Gasteiger partial charge in [0.1, 0.15) is 0 Å². The van der Waals surface area contributed by atoms with E-state index in [-0.39, 0.29) is 0 Å². The van der Waals surface area contributed by atoms with Crippen molar-refractivity contribution < 1.29 is 0 Å². The molecule has 1 aliphatic heterocycles. The fourth-order valence-corrected chi connectivity index (χ4v) is 3.45. The van der Waals surface area contributed by atoms with Crippen molar-refractivity contribution in [2.75, 3.05) is 19.3 Å². The molecular weight excluding hydrogens is 254 g/mol. The number of guanidine groups is 1. The van der Waals surface area contributed by atoms with Crippen LogP contribution in [0.2, 0.25) is 0 Å². The maximum Gasteiger partial charge on any atom is 0.191 e. The summed E-state index contributed by atoms with van der Waals surface area (Å²) in [6, 6.07) is 8.55. The van der Waals surface area contributed by atoms with E-state index in [2.05, 4.69) is 58.6 Å². The van der Waals surface area contributed by atoms with Crippen LogP contribution in [-0.4, -0.2) is 30.6 Å². The van der Waals surface area contributed by atoms with E-state index in [1.807, 2.05) is 7.05 Å². The number of hydrogen-bond acceptors (Lipinski definition) is 2. The first-order valence-corrected chi connectivity index (χ1v) is 7.94. The van der Waals surface area contributed by atoms with Gasteiger partial charge in [-0.15, -0.1) is 0 Å². The number of thioether (sulfide) groups is 1. The van der Waals surface area contributed by atoms with Crippen molar-refractivity contribution in [1.82, 2.24) is 10.6 Å². The van der Waals surface area contributed by atoms with Gasteiger partial charge < -0.3 is 10.6 Å². The Hall–Kier alpha value is -1.16. The van der Waals surface area contributed by atoms with E-state index in [1.54, 1.807) is 0 Å². The molecule has 0 radical (unpaired) electrons. The number of nitrogens with one attached hydrogen (secondary N) is 2. The van der Waals surface area contributed by atoms with Crippen LogP contribution < -0.4 is 10.6 Å². The summed E-state index contributed by atoms with van der Waals surface area (Å²) < 4.78 is 0. The molecule has 3 nitrogen and oxygen atoms in total. The summed E-state index contributed by atoms with van der Waals surface area (Å²) >= 11 is 2.07. The van der Waals surface area contributed by atoms with Crippen LogP contribution in [0.5, 0.6) is 0 Å². The van der Waals surface area contributed by atoms with Crippen LogP contribution in [0.3, 0.4) is 0 Å². The van der Waals surface area contributed by atoms with Crippen molar-refractivity contribution in [3.8, 4) is 0 Å². The van der Waals surface area contributed by atoms with Gasteiger partial charge in [-0.3, -0.25) is 4.99 Å². The van der Waals surface area contributed by atoms with Gasteiger partial charge in [0.05, 0.1) is 0 Å². The molecule has 0 aromatic heterocycles. The molecule has 1 aromatic carbocycles. The number of aryl methyl sites for hydroxylation is 1. The van der Waals surface area contributed by atoms with Crippen molar-refractivity contribution in [3.63, 3.8) is 0 Å². The Morgan fingerprint density at radius 3 is 3.00 bits per heavy atom. The molecule has 0 spiro atoms. The monoisotopic (exact) mass is 277 g/mol. The van der Waals surface area contributed by atoms with E-state index in [0.717, 1.165) is 24.3 Å². The Labute approximate surface area is 120 Å². The molecule has 19 heavy (non-hydrogen) atoms. The fraction of sp³-hybridized carbons (Fsp3) is 0.533. The summed E-state index contributed by atoms with van der Waals surface area (Å²) in [6.07, 6.45) is 2.68. The maximum absolute atomic E-state index is 4.27. The minimum absolute atomic E-state index is 0.748. The Morgan fingerprint density at radius 1 is 1.42 bits per heavy atom. The average Bonchev–Trinajstić information content (AvgIpc) is 2.92. The van der Waals surface area contributed by atoms with Gasteiger partial charge in [0, 0.05) is 25.4 Å². The predicted octanol–water partition coefficient (Wildman–Crippen LogP) is 2.56. The second-order valence-corrected chi connectivity index (χ2v) is 6.34. The van der Waals surface area contributed by atoms with Crippen molar-refractivity contribution in [3.05, 3.63) is 35.4 Å². The lowest BCUT2D eigenvalue weighted by molar-refractivity contribution is 0.726. The molecule has 0 amide bonds. The number of benzene rings is 1. The highest BCUT2D eigenvalue weighted by molar-refractivity contribution is 8.00. The molecule has 0 saturated carbocycles. The van der Waals surface area contributed by atoms with Crippen LogP contribution in [0.25, 0.3) is 0 Å². The molecule has 1 aliphatic rings. The van der Waals surface area contributed by atoms with Crippen molar-refractivity contribution in [1.29, 1.82) is 0 Å². The summed E-state index contributed by atoms with van der Waals surface area (Å²) in [6.45, 7) is 3.95. The molecule has 1 fully saturated rings. The molecular formula is C15H23N3S. The van der Waals surface area contributed by atoms with Crippen molar-refractivity contribution in [2.45, 2.75) is 31.6 Å². The Balaban J connectivity index is 1.76. The van der Waals surface area contributed by atoms with Crippen LogP contribution in [-0.2, 0) is 6.54 Å². The van der Waals surface area contributed by atoms with E-state index in [4.69, 9.17) is 0 Å². The Bertz CT molecular complexity index is 425. The Morgan fingerprint density at radius 2 is 2.32 bits per heavy atom. The lowest BCUT2D eigenvalue weighted by Gasteiger charge is -2.15. The minimum atomic E-state index is 0.748. The average molecular weight is 277 g/mol. The number of rotatable bonds is 4. The maximum atomic E-state index is 4.27. The molecule has 0 bridgehead atoms. The molecule has 104 valence electrons. The number of hydrogen-bond donors (Lipinski definition) is 2. The standard InChI is InChI=1S/C15H23N3S/c1-12-5-3-6-13(9-12)10-17-15(16-2)18-11-14-7-4-8-19-14/h3,5-6,9,14H,4,7-8,10-11H2,1-2H3,(H2,16,17,18). The highest BCUT2D eigenvalue weighted by Gasteiger charge is 2.15. The molecule has 1 atom stereocenters. The molecule has 1 heterocycles. The van der Waals surface area contributed by atoms with Gasteiger partial charge >= 0.3 is 0 Å². The highest BCUT2D eigenvalue weighted by Crippen LogP contribution is 2.25. The molecule has 2 rings (SSSR count). The van der Waals surface area contributed by atoms with Crippen molar-refractivity contribution in [2.24, 2.45) is 4.99 Å². The highest BCUT2D eigenvalue weighted by atomic mass is 32.2. The van der Waals surface area contributed by atoms with Gasteiger partial charge in [-0.05, 0) is 31.1 Å². The van der Waals surface area contributed by atoms with E-state index in [0.29, 0.717) is 0 Å². The first-order chi connectivity index (χ1) is 9.28. The van der Waals surface area contributed by atoms with Gasteiger partial charge in [-0.2, -0.15) is 11.8 Å². The van der Waals surface area contributed by atoms with Crippen molar-refractivity contribution >= 4 is 17.7 Å². The third kappa shape index (κ3) is 4.78. The van der Waals surface area contributed by atoms with Crippen LogP contribution in [0.1, 0.15) is 24.0 Å². The van der Waals surface area contributed by atoms with Gasteiger partial charge in [0.2, 0.25) is 0 Å². The lowest BCUT2D eigenvalue weighted by atomic mass is 10.1. The SMILES string of the molecule is CN=C(NCc1cccc(C)c1)NCC1CCCS1. The topological polar surface area (TPSA) is 36.4 Å². The molecule has 1 unspecified atom stereocenters. The zero-order valence-corrected chi connectivity index (χ0v) is 12.6. The van der Waals surface area contributed by atoms with Crippen LogP contribution >= 0.6 is 11.8 Å². The summed E-state index contributed by atoms with van der Waals surface area (Å²) in [5.41, 5.74) is 2.59. The summed E-state index contributed by atoms with van der Waals surface area (Å²) in [5, 5.41) is 7.53. The molecule has 2 N–H and O–H groups in total. The second-order valence-electron chi connectivity index (χ2n) is 4.93. The number of aliphatic imine (C=N–C) groups is 1. The zero-order valence-electron chi connectivity index (χ0n) is 11.8. The quantitative estimate of drug-likeness (QED) is 0.656. The third-order valence-electron chi connectivity index (χ3n) is 3.29. The van der Waals surface area contributed by atoms with E-state index in [1.165, 1.54) is 29.7 Å². The molecule has 0 aliphatic carbocycles. The van der Waals surface area contributed by atoms with Crippen LogP contribution in [0.4, 0.5) is 0 Å².